The lowest BCUT2D eigenvalue weighted by Gasteiger charge is -2.18. The molecule has 0 spiro atoms. The molecule has 0 aromatic heterocycles. The first-order valence-electron chi connectivity index (χ1n) is 8.67. The number of nitro groups is 1. The van der Waals surface area contributed by atoms with Crippen molar-refractivity contribution in [2.75, 3.05) is 22.1 Å². The van der Waals surface area contributed by atoms with E-state index in [0.29, 0.717) is 6.42 Å². The van der Waals surface area contributed by atoms with E-state index < -0.39 is 11.0 Å². The second-order valence-electron chi connectivity index (χ2n) is 6.33. The van der Waals surface area contributed by atoms with Gasteiger partial charge in [-0.15, -0.1) is 0 Å². The lowest BCUT2D eigenvalue weighted by molar-refractivity contribution is -0.383. The first-order chi connectivity index (χ1) is 13.0. The van der Waals surface area contributed by atoms with E-state index in [0.717, 1.165) is 24.3 Å². The highest BCUT2D eigenvalue weighted by Gasteiger charge is 2.22. The average Bonchev–Trinajstić information content (AvgIpc) is 3.08. The van der Waals surface area contributed by atoms with E-state index in [-0.39, 0.29) is 23.2 Å². The molecule has 2 aromatic carbocycles. The van der Waals surface area contributed by atoms with E-state index in [1.165, 1.54) is 12.1 Å². The number of carbonyl (C=O) groups excluding carboxylic acids is 2. The molecule has 140 valence electrons. The molecular weight excluding hydrogens is 348 g/mol. The van der Waals surface area contributed by atoms with Gasteiger partial charge in [0.15, 0.2) is 0 Å². The molecule has 0 bridgehead atoms. The summed E-state index contributed by atoms with van der Waals surface area (Å²) in [7, 11) is 0. The van der Waals surface area contributed by atoms with Crippen LogP contribution >= 0.6 is 0 Å². The van der Waals surface area contributed by atoms with Gasteiger partial charge in [0.2, 0.25) is 11.8 Å². The first-order valence-corrected chi connectivity index (χ1v) is 8.67. The third-order valence-electron chi connectivity index (χ3n) is 4.39. The summed E-state index contributed by atoms with van der Waals surface area (Å²) in [5.74, 6) is -0.268. The second-order valence-corrected chi connectivity index (χ2v) is 6.33. The van der Waals surface area contributed by atoms with Crippen LogP contribution in [0.2, 0.25) is 0 Å². The molecule has 2 aromatic rings. The van der Waals surface area contributed by atoms with Gasteiger partial charge in [-0.1, -0.05) is 12.1 Å². The number of carbonyl (C=O) groups is 2. The highest BCUT2D eigenvalue weighted by atomic mass is 16.6. The minimum Gasteiger partial charge on any atom is -0.374 e. The number of hydrogen-bond donors (Lipinski definition) is 2. The van der Waals surface area contributed by atoms with Crippen LogP contribution in [-0.2, 0) is 9.59 Å². The van der Waals surface area contributed by atoms with Crippen molar-refractivity contribution in [1.82, 2.24) is 0 Å². The Hall–Kier alpha value is -3.42. The SMILES string of the molecule is C[C@@H](Nc1ccc(N2CCCC2=O)cc1)C(=O)Nc1ccccc1[N+](=O)[O-]. The van der Waals surface area contributed by atoms with Crippen LogP contribution in [0.15, 0.2) is 48.5 Å². The monoisotopic (exact) mass is 368 g/mol. The number of nitrogens with one attached hydrogen (secondary N) is 2. The minimum absolute atomic E-state index is 0.118. The van der Waals surface area contributed by atoms with Crippen LogP contribution in [0.4, 0.5) is 22.7 Å². The summed E-state index contributed by atoms with van der Waals surface area (Å²) in [5.41, 5.74) is 1.55. The molecule has 1 aliphatic heterocycles. The van der Waals surface area contributed by atoms with E-state index in [1.807, 2.05) is 12.1 Å². The fourth-order valence-corrected chi connectivity index (χ4v) is 2.95. The van der Waals surface area contributed by atoms with Crippen LogP contribution in [0.5, 0.6) is 0 Å². The molecular formula is C19H20N4O4. The molecule has 3 rings (SSSR count). The van der Waals surface area contributed by atoms with Gasteiger partial charge < -0.3 is 15.5 Å². The molecule has 2 N–H and O–H groups in total. The highest BCUT2D eigenvalue weighted by Crippen LogP contribution is 2.25. The average molecular weight is 368 g/mol. The molecule has 1 saturated heterocycles. The van der Waals surface area contributed by atoms with E-state index in [9.17, 15) is 19.7 Å². The Bertz CT molecular complexity index is 866. The lowest BCUT2D eigenvalue weighted by atomic mass is 10.2. The Morgan fingerprint density at radius 2 is 1.89 bits per heavy atom. The van der Waals surface area contributed by atoms with Gasteiger partial charge in [-0.25, -0.2) is 0 Å². The molecule has 8 nitrogen and oxygen atoms in total. The van der Waals surface area contributed by atoms with Gasteiger partial charge in [0, 0.05) is 30.4 Å². The second kappa shape index (κ2) is 7.86. The number of anilines is 3. The number of nitro benzene ring substituents is 1. The van der Waals surface area contributed by atoms with Crippen LogP contribution in [0, 0.1) is 10.1 Å². The molecule has 8 heteroatoms. The van der Waals surface area contributed by atoms with Crippen molar-refractivity contribution in [3.8, 4) is 0 Å². The van der Waals surface area contributed by atoms with Gasteiger partial charge >= 0.3 is 0 Å². The Kier molecular flexibility index (Phi) is 5.35. The molecule has 1 fully saturated rings. The molecule has 0 radical (unpaired) electrons. The summed E-state index contributed by atoms with van der Waals surface area (Å²) in [6.07, 6.45) is 1.44. The topological polar surface area (TPSA) is 105 Å². The lowest BCUT2D eigenvalue weighted by Crippen LogP contribution is -2.32. The number of hydrogen-bond acceptors (Lipinski definition) is 5. The Morgan fingerprint density at radius 1 is 1.19 bits per heavy atom. The predicted octanol–water partition coefficient (Wildman–Crippen LogP) is 3.16. The molecule has 27 heavy (non-hydrogen) atoms. The Labute approximate surface area is 156 Å². The molecule has 0 aliphatic carbocycles. The van der Waals surface area contributed by atoms with Crippen LogP contribution in [0.3, 0.4) is 0 Å². The molecule has 0 saturated carbocycles. The van der Waals surface area contributed by atoms with Gasteiger partial charge in [-0.05, 0) is 43.7 Å². The standard InChI is InChI=1S/C19H20N4O4/c1-13(19(25)21-16-5-2-3-6-17(16)23(26)27)20-14-8-10-15(11-9-14)22-12-4-7-18(22)24/h2-3,5-6,8-11,13,20H,4,7,12H2,1H3,(H,21,25)/t13-/m1/s1. The molecule has 2 amide bonds. The minimum atomic E-state index is -0.607. The third-order valence-corrected chi connectivity index (χ3v) is 4.39. The number of rotatable bonds is 6. The van der Waals surface area contributed by atoms with Crippen molar-refractivity contribution in [3.63, 3.8) is 0 Å². The maximum Gasteiger partial charge on any atom is 0.292 e. The quantitative estimate of drug-likeness (QED) is 0.602. The number of amides is 2. The van der Waals surface area contributed by atoms with Gasteiger partial charge in [0.1, 0.15) is 11.7 Å². The molecule has 0 unspecified atom stereocenters. The first kappa shape index (κ1) is 18.4. The maximum atomic E-state index is 12.4. The largest absolute Gasteiger partial charge is 0.374 e. The van der Waals surface area contributed by atoms with Crippen LogP contribution in [0.25, 0.3) is 0 Å². The smallest absolute Gasteiger partial charge is 0.292 e. The highest BCUT2D eigenvalue weighted by molar-refractivity contribution is 5.98. The molecule has 1 atom stereocenters. The molecule has 1 aliphatic rings. The van der Waals surface area contributed by atoms with Crippen LogP contribution < -0.4 is 15.5 Å². The maximum absolute atomic E-state index is 12.4. The van der Waals surface area contributed by atoms with E-state index in [4.69, 9.17) is 0 Å². The summed E-state index contributed by atoms with van der Waals surface area (Å²) in [4.78, 5) is 36.4. The fourth-order valence-electron chi connectivity index (χ4n) is 2.95. The van der Waals surface area contributed by atoms with Gasteiger partial charge in [-0.2, -0.15) is 0 Å². The number of nitrogens with zero attached hydrogens (tertiary/aromatic N) is 2. The third kappa shape index (κ3) is 4.22. The van der Waals surface area contributed by atoms with Crippen molar-refractivity contribution in [3.05, 3.63) is 58.6 Å². The van der Waals surface area contributed by atoms with Crippen LogP contribution in [0.1, 0.15) is 19.8 Å². The summed E-state index contributed by atoms with van der Waals surface area (Å²) < 4.78 is 0. The zero-order valence-electron chi connectivity index (χ0n) is 14.8. The fraction of sp³-hybridized carbons (Fsp3) is 0.263. The van der Waals surface area contributed by atoms with E-state index >= 15 is 0 Å². The van der Waals surface area contributed by atoms with Crippen molar-refractivity contribution in [2.24, 2.45) is 0 Å². The Morgan fingerprint density at radius 3 is 2.52 bits per heavy atom. The van der Waals surface area contributed by atoms with Crippen molar-refractivity contribution in [1.29, 1.82) is 0 Å². The predicted molar refractivity (Wildman–Crippen MR) is 103 cm³/mol. The Balaban J connectivity index is 1.63. The summed E-state index contributed by atoms with van der Waals surface area (Å²) >= 11 is 0. The van der Waals surface area contributed by atoms with E-state index in [1.54, 1.807) is 36.1 Å². The van der Waals surface area contributed by atoms with Gasteiger partial charge in [-0.3, -0.25) is 19.7 Å². The van der Waals surface area contributed by atoms with Crippen LogP contribution in [-0.4, -0.2) is 29.3 Å². The molecule has 1 heterocycles. The number of benzene rings is 2. The zero-order chi connectivity index (χ0) is 19.4. The summed E-state index contributed by atoms with van der Waals surface area (Å²) in [6, 6.07) is 12.7. The zero-order valence-corrected chi connectivity index (χ0v) is 14.8. The van der Waals surface area contributed by atoms with Gasteiger partial charge in [0.25, 0.3) is 5.69 Å². The van der Waals surface area contributed by atoms with Crippen molar-refractivity contribution < 1.29 is 14.5 Å². The van der Waals surface area contributed by atoms with Crippen molar-refractivity contribution in [2.45, 2.75) is 25.8 Å². The summed E-state index contributed by atoms with van der Waals surface area (Å²) in [6.45, 7) is 2.39. The van der Waals surface area contributed by atoms with Gasteiger partial charge in [0.05, 0.1) is 4.92 Å². The summed E-state index contributed by atoms with van der Waals surface area (Å²) in [5, 5.41) is 16.7. The number of para-hydroxylation sites is 2. The van der Waals surface area contributed by atoms with E-state index in [2.05, 4.69) is 10.6 Å². The van der Waals surface area contributed by atoms with Crippen molar-refractivity contribution >= 4 is 34.6 Å². The normalized spacial score (nSPS) is 14.7.